The Balaban J connectivity index is 2.64. The molecule has 18 heavy (non-hydrogen) atoms. The Bertz CT molecular complexity index is 393. The van der Waals surface area contributed by atoms with Gasteiger partial charge >= 0.3 is 0 Å². The number of ether oxygens (including phenoxy) is 1. The molecule has 0 saturated carbocycles. The van der Waals surface area contributed by atoms with E-state index in [9.17, 15) is 4.79 Å². The summed E-state index contributed by atoms with van der Waals surface area (Å²) < 4.78 is 5.30. The second-order valence-electron chi connectivity index (χ2n) is 4.55. The third kappa shape index (κ3) is 4.04. The van der Waals surface area contributed by atoms with Crippen LogP contribution in [0.2, 0.25) is 0 Å². The first-order valence-corrected chi connectivity index (χ1v) is 6.20. The molecule has 1 aromatic carbocycles. The first kappa shape index (κ1) is 14.5. The zero-order chi connectivity index (χ0) is 13.5. The lowest BCUT2D eigenvalue weighted by Gasteiger charge is -2.17. The summed E-state index contributed by atoms with van der Waals surface area (Å²) in [6, 6.07) is 7.79. The van der Waals surface area contributed by atoms with Crippen LogP contribution in [0.15, 0.2) is 24.3 Å². The molecule has 1 rings (SSSR count). The van der Waals surface area contributed by atoms with Crippen LogP contribution in [-0.4, -0.2) is 25.6 Å². The van der Waals surface area contributed by atoms with Gasteiger partial charge in [0.25, 0.3) is 0 Å². The molecular formula is C14H22N2O2. The number of carbonyl (C=O) groups is 1. The minimum absolute atomic E-state index is 0.0161. The summed E-state index contributed by atoms with van der Waals surface area (Å²) in [5.41, 5.74) is 6.52. The monoisotopic (exact) mass is 250 g/mol. The molecule has 0 aromatic heterocycles. The van der Waals surface area contributed by atoms with Crippen LogP contribution in [0.3, 0.4) is 0 Å². The molecular weight excluding hydrogens is 228 g/mol. The normalized spacial score (nSPS) is 13.8. The van der Waals surface area contributed by atoms with Crippen LogP contribution in [0.4, 0.5) is 0 Å². The molecule has 4 heteroatoms. The van der Waals surface area contributed by atoms with Gasteiger partial charge in [-0.2, -0.15) is 0 Å². The van der Waals surface area contributed by atoms with Crippen molar-refractivity contribution in [3.8, 4) is 5.75 Å². The van der Waals surface area contributed by atoms with Gasteiger partial charge in [0.15, 0.2) is 0 Å². The number of carbonyl (C=O) groups excluding carboxylic acids is 1. The second kappa shape index (κ2) is 7.01. The Hall–Kier alpha value is -1.55. The highest BCUT2D eigenvalue weighted by molar-refractivity contribution is 5.77. The number of hydrogen-bond donors (Lipinski definition) is 2. The SMILES string of the molecule is COc1ccccc1C(C)CC(=O)N[C@@H](C)CN. The van der Waals surface area contributed by atoms with Crippen LogP contribution in [0.5, 0.6) is 5.75 Å². The molecule has 1 aromatic rings. The summed E-state index contributed by atoms with van der Waals surface area (Å²) in [5.74, 6) is 0.960. The molecule has 0 heterocycles. The topological polar surface area (TPSA) is 64.3 Å². The molecule has 1 unspecified atom stereocenters. The predicted octanol–water partition coefficient (Wildman–Crippen LogP) is 1.65. The first-order chi connectivity index (χ1) is 8.58. The Morgan fingerprint density at radius 2 is 2.06 bits per heavy atom. The molecule has 2 atom stereocenters. The number of methoxy groups -OCH3 is 1. The van der Waals surface area contributed by atoms with Crippen molar-refractivity contribution in [1.82, 2.24) is 5.32 Å². The fourth-order valence-electron chi connectivity index (χ4n) is 1.85. The van der Waals surface area contributed by atoms with Gasteiger partial charge in [0.2, 0.25) is 5.91 Å². The van der Waals surface area contributed by atoms with Crippen molar-refractivity contribution >= 4 is 5.91 Å². The molecule has 0 fully saturated rings. The number of rotatable bonds is 6. The molecule has 0 aliphatic carbocycles. The minimum Gasteiger partial charge on any atom is -0.496 e. The summed E-state index contributed by atoms with van der Waals surface area (Å²) in [7, 11) is 1.64. The van der Waals surface area contributed by atoms with Crippen LogP contribution in [-0.2, 0) is 4.79 Å². The molecule has 0 aliphatic rings. The van der Waals surface area contributed by atoms with Crippen molar-refractivity contribution in [3.05, 3.63) is 29.8 Å². The highest BCUT2D eigenvalue weighted by Crippen LogP contribution is 2.28. The zero-order valence-electron chi connectivity index (χ0n) is 11.3. The van der Waals surface area contributed by atoms with Gasteiger partial charge in [-0.25, -0.2) is 0 Å². The molecule has 1 amide bonds. The highest BCUT2D eigenvalue weighted by Gasteiger charge is 2.15. The summed E-state index contributed by atoms with van der Waals surface area (Å²) in [5, 5.41) is 2.86. The number of amides is 1. The zero-order valence-corrected chi connectivity index (χ0v) is 11.3. The van der Waals surface area contributed by atoms with Gasteiger partial charge in [-0.05, 0) is 24.5 Å². The quantitative estimate of drug-likeness (QED) is 0.807. The van der Waals surface area contributed by atoms with Gasteiger partial charge in [0, 0.05) is 19.0 Å². The van der Waals surface area contributed by atoms with Crippen LogP contribution >= 0.6 is 0 Å². The molecule has 3 N–H and O–H groups in total. The first-order valence-electron chi connectivity index (χ1n) is 6.20. The van der Waals surface area contributed by atoms with E-state index in [2.05, 4.69) is 5.32 Å². The molecule has 0 saturated heterocycles. The van der Waals surface area contributed by atoms with E-state index in [1.807, 2.05) is 38.1 Å². The van der Waals surface area contributed by atoms with Gasteiger partial charge in [-0.3, -0.25) is 4.79 Å². The van der Waals surface area contributed by atoms with Crippen LogP contribution in [0.25, 0.3) is 0 Å². The van der Waals surface area contributed by atoms with Crippen LogP contribution < -0.4 is 15.8 Å². The average molecular weight is 250 g/mol. The van der Waals surface area contributed by atoms with E-state index in [4.69, 9.17) is 10.5 Å². The Kier molecular flexibility index (Phi) is 5.65. The fraction of sp³-hybridized carbons (Fsp3) is 0.500. The summed E-state index contributed by atoms with van der Waals surface area (Å²) in [4.78, 5) is 11.8. The van der Waals surface area contributed by atoms with Gasteiger partial charge in [-0.15, -0.1) is 0 Å². The number of para-hydroxylation sites is 1. The van der Waals surface area contributed by atoms with Crippen molar-refractivity contribution in [3.63, 3.8) is 0 Å². The third-order valence-corrected chi connectivity index (χ3v) is 2.92. The van der Waals surface area contributed by atoms with Crippen molar-refractivity contribution < 1.29 is 9.53 Å². The second-order valence-corrected chi connectivity index (χ2v) is 4.55. The summed E-state index contributed by atoms with van der Waals surface area (Å²) >= 11 is 0. The van der Waals surface area contributed by atoms with E-state index in [1.54, 1.807) is 7.11 Å². The van der Waals surface area contributed by atoms with E-state index in [1.165, 1.54) is 0 Å². The van der Waals surface area contributed by atoms with Gasteiger partial charge in [0.05, 0.1) is 7.11 Å². The number of nitrogens with two attached hydrogens (primary N) is 1. The van der Waals surface area contributed by atoms with Crippen LogP contribution in [0, 0.1) is 0 Å². The van der Waals surface area contributed by atoms with Crippen LogP contribution in [0.1, 0.15) is 31.7 Å². The maximum atomic E-state index is 11.8. The smallest absolute Gasteiger partial charge is 0.220 e. The Morgan fingerprint density at radius 3 is 2.67 bits per heavy atom. The lowest BCUT2D eigenvalue weighted by atomic mass is 9.96. The van der Waals surface area contributed by atoms with Crippen molar-refractivity contribution in [2.24, 2.45) is 5.73 Å². The van der Waals surface area contributed by atoms with Crippen molar-refractivity contribution in [1.29, 1.82) is 0 Å². The number of hydrogen-bond acceptors (Lipinski definition) is 3. The van der Waals surface area contributed by atoms with Gasteiger partial charge in [-0.1, -0.05) is 25.1 Å². The van der Waals surface area contributed by atoms with Crippen molar-refractivity contribution in [2.75, 3.05) is 13.7 Å². The van der Waals surface area contributed by atoms with E-state index in [0.717, 1.165) is 11.3 Å². The lowest BCUT2D eigenvalue weighted by Crippen LogP contribution is -2.38. The van der Waals surface area contributed by atoms with E-state index in [-0.39, 0.29) is 17.9 Å². The van der Waals surface area contributed by atoms with E-state index in [0.29, 0.717) is 13.0 Å². The fourth-order valence-corrected chi connectivity index (χ4v) is 1.85. The standard InChI is InChI=1S/C14H22N2O2/c1-10(8-14(17)16-11(2)9-15)12-6-4-5-7-13(12)18-3/h4-7,10-11H,8-9,15H2,1-3H3,(H,16,17)/t10?,11-/m0/s1. The lowest BCUT2D eigenvalue weighted by molar-refractivity contribution is -0.121. The maximum Gasteiger partial charge on any atom is 0.220 e. The molecule has 100 valence electrons. The summed E-state index contributed by atoms with van der Waals surface area (Å²) in [6.45, 7) is 4.37. The molecule has 0 spiro atoms. The maximum absolute atomic E-state index is 11.8. The van der Waals surface area contributed by atoms with Gasteiger partial charge < -0.3 is 15.8 Å². The molecule has 0 aliphatic heterocycles. The third-order valence-electron chi connectivity index (χ3n) is 2.92. The largest absolute Gasteiger partial charge is 0.496 e. The van der Waals surface area contributed by atoms with E-state index < -0.39 is 0 Å². The van der Waals surface area contributed by atoms with Gasteiger partial charge in [0.1, 0.15) is 5.75 Å². The van der Waals surface area contributed by atoms with Crippen molar-refractivity contribution in [2.45, 2.75) is 32.2 Å². The predicted molar refractivity (Wildman–Crippen MR) is 72.7 cm³/mol. The molecule has 4 nitrogen and oxygen atoms in total. The highest BCUT2D eigenvalue weighted by atomic mass is 16.5. The molecule has 0 bridgehead atoms. The Labute approximate surface area is 109 Å². The number of nitrogens with one attached hydrogen (secondary N) is 1. The minimum atomic E-state index is 0.0161. The van der Waals surface area contributed by atoms with E-state index >= 15 is 0 Å². The molecule has 0 radical (unpaired) electrons. The average Bonchev–Trinajstić information content (AvgIpc) is 2.38. The number of benzene rings is 1. The Morgan fingerprint density at radius 1 is 1.39 bits per heavy atom. The summed E-state index contributed by atoms with van der Waals surface area (Å²) in [6.07, 6.45) is 0.435.